The second-order valence-corrected chi connectivity index (χ2v) is 13.1. The highest BCUT2D eigenvalue weighted by atomic mass is 36.1. The van der Waals surface area contributed by atoms with E-state index in [-0.39, 0.29) is 0 Å². The third kappa shape index (κ3) is 10.1. The van der Waals surface area contributed by atoms with Crippen molar-refractivity contribution in [2.24, 2.45) is 0 Å². The Hall–Kier alpha value is 2.07. The van der Waals surface area contributed by atoms with Crippen molar-refractivity contribution < 1.29 is 4.57 Å². The molecule has 9 heavy (non-hydrogen) atoms. The highest BCUT2D eigenvalue weighted by Crippen LogP contribution is 2.77. The van der Waals surface area contributed by atoms with Crippen LogP contribution in [0.5, 0.6) is 0 Å². The molecule has 0 amide bonds. The summed E-state index contributed by atoms with van der Waals surface area (Å²) in [5, 5.41) is 0. The van der Waals surface area contributed by atoms with Gasteiger partial charge in [-0.3, -0.25) is 4.57 Å². The van der Waals surface area contributed by atoms with Crippen molar-refractivity contribution in [3.63, 3.8) is 0 Å². The van der Waals surface area contributed by atoms with Gasteiger partial charge in [-0.05, 0) is 22.5 Å². The lowest BCUT2D eigenvalue weighted by Gasteiger charge is -2.00. The molecule has 0 saturated carbocycles. The fourth-order valence-corrected chi connectivity index (χ4v) is 8.19. The summed E-state index contributed by atoms with van der Waals surface area (Å²) < 4.78 is 10.4. The number of hydrogen-bond acceptors (Lipinski definition) is 1. The van der Waals surface area contributed by atoms with Crippen LogP contribution < -0.4 is 4.86 Å². The zero-order valence-corrected chi connectivity index (χ0v) is 9.26. The molecule has 56 valence electrons. The summed E-state index contributed by atoms with van der Waals surface area (Å²) in [5.74, 6) is -3.44. The van der Waals surface area contributed by atoms with Gasteiger partial charge in [-0.25, -0.2) is 0 Å². The molecule has 0 atom stereocenters. The van der Waals surface area contributed by atoms with Crippen LogP contribution in [0.15, 0.2) is 0 Å². The molecule has 0 spiro atoms. The highest BCUT2D eigenvalue weighted by Gasteiger charge is 2.40. The summed E-state index contributed by atoms with van der Waals surface area (Å²) in [5.41, 5.74) is -2.90. The Morgan fingerprint density at radius 2 is 1.56 bits per heavy atom. The highest BCUT2D eigenvalue weighted by molar-refractivity contribution is 8.35. The van der Waals surface area contributed by atoms with Crippen LogP contribution in [0.3, 0.4) is 0 Å². The van der Waals surface area contributed by atoms with Gasteiger partial charge < -0.3 is 0 Å². The summed E-state index contributed by atoms with van der Waals surface area (Å²) in [6, 6.07) is 0. The first-order valence-electron chi connectivity index (χ1n) is 1.47. The normalized spacial score (nSPS) is 13.9. The van der Waals surface area contributed by atoms with E-state index in [0.717, 1.165) is 0 Å². The maximum atomic E-state index is 10.4. The molecule has 0 rings (SSSR count). The van der Waals surface area contributed by atoms with E-state index in [1.165, 1.54) is 0 Å². The average Bonchev–Trinajstić information content (AvgIpc) is 1.14. The smallest absolute Gasteiger partial charge is 0.268 e. The Kier molecular flexibility index (Phi) is 4.49. The largest absolute Gasteiger partial charge is 0.384 e. The van der Waals surface area contributed by atoms with Crippen LogP contribution in [0.4, 0.5) is 0 Å². The van der Waals surface area contributed by atoms with Gasteiger partial charge in [-0.2, -0.15) is 0 Å². The average molecular weight is 270 g/mol. The molecule has 0 aliphatic rings. The first kappa shape index (κ1) is 11.1. The summed E-state index contributed by atoms with van der Waals surface area (Å²) in [7, 11) is 0. The molecule has 0 heterocycles. The minimum Gasteiger partial charge on any atom is -0.268 e. The molecule has 1 N–H and O–H groups in total. The number of halogens is 5. The molecule has 0 saturated heterocycles. The molecule has 0 fully saturated rings. The van der Waals surface area contributed by atoms with Gasteiger partial charge in [0.15, 0.2) is 33.7 Å². The SMILES string of the molecule is O=P(Cl)(Cl)N[P+](Cl)(Cl)Cl. The lowest BCUT2D eigenvalue weighted by molar-refractivity contribution is 0.591. The maximum Gasteiger partial charge on any atom is 0.384 e. The van der Waals surface area contributed by atoms with E-state index in [1.54, 1.807) is 0 Å². The van der Waals surface area contributed by atoms with Crippen LogP contribution in [0.25, 0.3) is 0 Å². The first-order valence-corrected chi connectivity index (χ1v) is 9.50. The van der Waals surface area contributed by atoms with Gasteiger partial charge in [0, 0.05) is 0 Å². The second-order valence-electron chi connectivity index (χ2n) is 1.01. The fraction of sp³-hybridized carbons (Fsp3) is 0. The van der Waals surface area contributed by atoms with Crippen LogP contribution in [0.2, 0.25) is 0 Å². The van der Waals surface area contributed by atoms with Crippen molar-refractivity contribution in [3.8, 4) is 0 Å². The van der Waals surface area contributed by atoms with Crippen LogP contribution in [0, 0.1) is 0 Å². The topological polar surface area (TPSA) is 29.1 Å². The summed E-state index contributed by atoms with van der Waals surface area (Å²) >= 11 is 25.6. The Morgan fingerprint density at radius 3 is 1.56 bits per heavy atom. The molecule has 0 aromatic rings. The van der Waals surface area contributed by atoms with Crippen molar-refractivity contribution in [1.29, 1.82) is 0 Å². The van der Waals surface area contributed by atoms with E-state index in [9.17, 15) is 4.57 Å². The molecule has 0 bridgehead atoms. The van der Waals surface area contributed by atoms with Gasteiger partial charge in [-0.15, -0.1) is 0 Å². The van der Waals surface area contributed by atoms with E-state index in [1.807, 2.05) is 4.86 Å². The molecule has 0 unspecified atom stereocenters. The Morgan fingerprint density at radius 1 is 1.22 bits per heavy atom. The van der Waals surface area contributed by atoms with Crippen LogP contribution >= 0.6 is 67.7 Å². The molecule has 0 aliphatic carbocycles. The molecule has 9 heteroatoms. The molecule has 2 nitrogen and oxygen atoms in total. The van der Waals surface area contributed by atoms with Crippen molar-refractivity contribution in [1.82, 2.24) is 4.86 Å². The lowest BCUT2D eigenvalue weighted by atomic mass is 13.9. The van der Waals surface area contributed by atoms with Crippen LogP contribution in [-0.4, -0.2) is 0 Å². The number of rotatable bonds is 2. The Bertz CT molecular complexity index is 132. The van der Waals surface area contributed by atoms with Crippen molar-refractivity contribution in [2.45, 2.75) is 0 Å². The van der Waals surface area contributed by atoms with E-state index >= 15 is 0 Å². The standard InChI is InChI=1S/Cl5HNOP2/c1-8(2,3)6-9(4,5)7/h(H,6,7)/q+1. The van der Waals surface area contributed by atoms with Gasteiger partial charge >= 0.3 is 11.5 Å². The van der Waals surface area contributed by atoms with Crippen molar-refractivity contribution in [2.75, 3.05) is 0 Å². The molecule has 0 aromatic heterocycles. The first-order chi connectivity index (χ1) is 3.71. The minimum absolute atomic E-state index is 1.95. The fourth-order valence-electron chi connectivity index (χ4n) is 0.132. The predicted octanol–water partition coefficient (Wildman–Crippen LogP) is 4.56. The lowest BCUT2D eigenvalue weighted by Crippen LogP contribution is -1.91. The summed E-state index contributed by atoms with van der Waals surface area (Å²) in [6.07, 6.45) is 0. The van der Waals surface area contributed by atoms with E-state index in [2.05, 4.69) is 0 Å². The van der Waals surface area contributed by atoms with Gasteiger partial charge in [0.05, 0.1) is 0 Å². The zero-order chi connectivity index (χ0) is 7.71. The van der Waals surface area contributed by atoms with Crippen LogP contribution in [0.1, 0.15) is 0 Å². The van der Waals surface area contributed by atoms with Gasteiger partial charge in [0.1, 0.15) is 0 Å². The van der Waals surface area contributed by atoms with E-state index < -0.39 is 11.5 Å². The van der Waals surface area contributed by atoms with Crippen molar-refractivity contribution in [3.05, 3.63) is 0 Å². The third-order valence-electron chi connectivity index (χ3n) is 0.230. The van der Waals surface area contributed by atoms with E-state index in [0.29, 0.717) is 0 Å². The molecular weight excluding hydrogens is 269 g/mol. The third-order valence-corrected chi connectivity index (χ3v) is 5.47. The molecule has 0 aliphatic heterocycles. The van der Waals surface area contributed by atoms with Gasteiger partial charge in [-0.1, -0.05) is 4.86 Å². The molecule has 0 aromatic carbocycles. The summed E-state index contributed by atoms with van der Waals surface area (Å²) in [6.45, 7) is 0. The minimum atomic E-state index is -3.44. The second kappa shape index (κ2) is 3.65. The number of nitrogens with one attached hydrogen (secondary N) is 1. The predicted molar refractivity (Wildman–Crippen MR) is 46.9 cm³/mol. The van der Waals surface area contributed by atoms with E-state index in [4.69, 9.17) is 56.2 Å². The van der Waals surface area contributed by atoms with Crippen LogP contribution in [-0.2, 0) is 4.57 Å². The quantitative estimate of drug-likeness (QED) is 0.745. The molecular formula is HCl5NOP2+. The van der Waals surface area contributed by atoms with Gasteiger partial charge in [0.25, 0.3) is 0 Å². The zero-order valence-electron chi connectivity index (χ0n) is 3.69. The summed E-state index contributed by atoms with van der Waals surface area (Å²) in [4.78, 5) is 1.95. The molecule has 0 radical (unpaired) electrons. The number of hydrogen-bond donors (Lipinski definition) is 1. The van der Waals surface area contributed by atoms with Gasteiger partial charge in [0.2, 0.25) is 0 Å². The van der Waals surface area contributed by atoms with Crippen molar-refractivity contribution >= 4 is 67.7 Å². The monoisotopic (exact) mass is 268 g/mol. The Balaban J connectivity index is 3.90. The Labute approximate surface area is 76.9 Å². The maximum absolute atomic E-state index is 10.4.